The summed E-state index contributed by atoms with van der Waals surface area (Å²) < 4.78 is 25.8. The fourth-order valence-corrected chi connectivity index (χ4v) is 5.15. The number of ether oxygens (including phenoxy) is 2. The average Bonchev–Trinajstić information content (AvgIpc) is 3.48. The third-order valence-electron chi connectivity index (χ3n) is 6.78. The molecule has 5 rings (SSSR count). The lowest BCUT2D eigenvalue weighted by Crippen LogP contribution is -2.47. The van der Waals surface area contributed by atoms with Crippen LogP contribution in [-0.2, 0) is 9.53 Å². The second-order valence-electron chi connectivity index (χ2n) is 8.77. The lowest BCUT2D eigenvalue weighted by Gasteiger charge is -2.39. The highest BCUT2D eigenvalue weighted by Crippen LogP contribution is 2.39. The molecule has 1 saturated carbocycles. The van der Waals surface area contributed by atoms with Crippen molar-refractivity contribution in [3.8, 4) is 5.75 Å². The number of benzene rings is 1. The van der Waals surface area contributed by atoms with E-state index in [4.69, 9.17) is 9.47 Å². The van der Waals surface area contributed by atoms with Gasteiger partial charge >= 0.3 is 0 Å². The molecule has 2 bridgehead atoms. The predicted molar refractivity (Wildman–Crippen MR) is 104 cm³/mol. The fraction of sp³-hybridized carbons (Fsp3) is 0.682. The Morgan fingerprint density at radius 1 is 1.11 bits per heavy atom. The van der Waals surface area contributed by atoms with Crippen LogP contribution in [0.1, 0.15) is 44.9 Å². The topological polar surface area (TPSA) is 42.0 Å². The largest absolute Gasteiger partial charge is 0.481 e. The Hall–Kier alpha value is -1.66. The van der Waals surface area contributed by atoms with Crippen LogP contribution in [0.2, 0.25) is 0 Å². The Balaban J connectivity index is 1.16. The van der Waals surface area contributed by atoms with Crippen molar-refractivity contribution in [1.29, 1.82) is 0 Å². The van der Waals surface area contributed by atoms with E-state index >= 15 is 0 Å². The quantitative estimate of drug-likeness (QED) is 0.718. The first kappa shape index (κ1) is 18.4. The fourth-order valence-electron chi connectivity index (χ4n) is 5.15. The van der Waals surface area contributed by atoms with E-state index in [1.807, 2.05) is 0 Å². The van der Waals surface area contributed by atoms with Crippen molar-refractivity contribution in [2.45, 2.75) is 63.1 Å². The number of nitrogens with zero attached hydrogens (tertiary/aromatic N) is 2. The standard InChI is InChI=1S/C22H29FN2O3/c23-19-3-1-4-20-22(19)25(21(26)14-28-20)10-2-9-24-16-7-8-17(24)12-18(11-16)27-13-15-5-6-15/h1,3-4,15-18H,2,5-14H2. The first-order chi connectivity index (χ1) is 13.7. The normalized spacial score (nSPS) is 29.7. The number of fused-ring (bicyclic) bond motifs is 3. The van der Waals surface area contributed by atoms with Gasteiger partial charge in [0.15, 0.2) is 12.4 Å². The number of carbonyl (C=O) groups is 1. The molecule has 4 aliphatic rings. The summed E-state index contributed by atoms with van der Waals surface area (Å²) in [5.74, 6) is 0.741. The smallest absolute Gasteiger partial charge is 0.265 e. The van der Waals surface area contributed by atoms with Gasteiger partial charge in [-0.25, -0.2) is 4.39 Å². The SMILES string of the molecule is O=C1COc2cccc(F)c2N1CCCN1C2CCC1CC(OCC1CC1)C2. The summed E-state index contributed by atoms with van der Waals surface area (Å²) in [6.07, 6.45) is 8.74. The highest BCUT2D eigenvalue weighted by molar-refractivity contribution is 5.97. The maximum atomic E-state index is 14.3. The summed E-state index contributed by atoms with van der Waals surface area (Å²) in [5, 5.41) is 0. The first-order valence-corrected chi connectivity index (χ1v) is 10.8. The van der Waals surface area contributed by atoms with Crippen molar-refractivity contribution < 1.29 is 18.7 Å². The molecule has 0 spiro atoms. The van der Waals surface area contributed by atoms with E-state index in [1.165, 1.54) is 31.7 Å². The summed E-state index contributed by atoms with van der Waals surface area (Å²) >= 11 is 0. The van der Waals surface area contributed by atoms with Crippen LogP contribution in [0, 0.1) is 11.7 Å². The van der Waals surface area contributed by atoms with Gasteiger partial charge < -0.3 is 14.4 Å². The van der Waals surface area contributed by atoms with Gasteiger partial charge in [0.25, 0.3) is 5.91 Å². The molecule has 0 N–H and O–H groups in total. The Morgan fingerprint density at radius 3 is 2.64 bits per heavy atom. The highest BCUT2D eigenvalue weighted by atomic mass is 19.1. The van der Waals surface area contributed by atoms with Gasteiger partial charge in [-0.15, -0.1) is 0 Å². The summed E-state index contributed by atoms with van der Waals surface area (Å²) in [6, 6.07) is 5.94. The number of hydrogen-bond acceptors (Lipinski definition) is 4. The van der Waals surface area contributed by atoms with Gasteiger partial charge in [-0.2, -0.15) is 0 Å². The van der Waals surface area contributed by atoms with E-state index in [-0.39, 0.29) is 18.3 Å². The molecule has 2 atom stereocenters. The van der Waals surface area contributed by atoms with Crippen molar-refractivity contribution >= 4 is 11.6 Å². The molecule has 3 aliphatic heterocycles. The van der Waals surface area contributed by atoms with Crippen LogP contribution in [0.25, 0.3) is 0 Å². The Kier molecular flexibility index (Phi) is 5.01. The molecule has 1 amide bonds. The van der Waals surface area contributed by atoms with Crippen LogP contribution in [0.3, 0.4) is 0 Å². The Bertz CT molecular complexity index is 724. The molecule has 2 saturated heterocycles. The molecule has 3 heterocycles. The first-order valence-electron chi connectivity index (χ1n) is 10.8. The summed E-state index contributed by atoms with van der Waals surface area (Å²) in [4.78, 5) is 16.5. The molecule has 1 aromatic rings. The summed E-state index contributed by atoms with van der Waals surface area (Å²) in [5.41, 5.74) is 0.300. The number of piperidine rings is 1. The molecule has 6 heteroatoms. The summed E-state index contributed by atoms with van der Waals surface area (Å²) in [7, 11) is 0. The molecule has 152 valence electrons. The molecule has 0 aromatic heterocycles. The maximum Gasteiger partial charge on any atom is 0.265 e. The second-order valence-corrected chi connectivity index (χ2v) is 8.77. The van der Waals surface area contributed by atoms with Gasteiger partial charge in [-0.1, -0.05) is 6.07 Å². The van der Waals surface area contributed by atoms with Crippen molar-refractivity contribution in [2.75, 3.05) is 31.2 Å². The minimum absolute atomic E-state index is 0.00850. The van der Waals surface area contributed by atoms with Crippen LogP contribution in [-0.4, -0.2) is 55.3 Å². The van der Waals surface area contributed by atoms with Crippen molar-refractivity contribution in [3.05, 3.63) is 24.0 Å². The number of carbonyl (C=O) groups excluding carboxylic acids is 1. The number of para-hydroxylation sites is 1. The highest BCUT2D eigenvalue weighted by Gasteiger charge is 2.41. The zero-order valence-electron chi connectivity index (χ0n) is 16.3. The molecule has 3 fully saturated rings. The monoisotopic (exact) mass is 388 g/mol. The molecular weight excluding hydrogens is 359 g/mol. The lowest BCUT2D eigenvalue weighted by atomic mass is 9.99. The van der Waals surface area contributed by atoms with Crippen LogP contribution >= 0.6 is 0 Å². The molecule has 1 aromatic carbocycles. The third kappa shape index (κ3) is 3.64. The Morgan fingerprint density at radius 2 is 1.89 bits per heavy atom. The lowest BCUT2D eigenvalue weighted by molar-refractivity contribution is -0.121. The third-order valence-corrected chi connectivity index (χ3v) is 6.78. The summed E-state index contributed by atoms with van der Waals surface area (Å²) in [6.45, 7) is 2.44. The zero-order chi connectivity index (χ0) is 19.1. The number of hydrogen-bond donors (Lipinski definition) is 0. The van der Waals surface area contributed by atoms with Crippen molar-refractivity contribution in [2.24, 2.45) is 5.92 Å². The molecule has 0 radical (unpaired) electrons. The number of rotatable bonds is 7. The number of amides is 1. The minimum atomic E-state index is -0.390. The number of anilines is 1. The van der Waals surface area contributed by atoms with Gasteiger partial charge in [0.2, 0.25) is 0 Å². The van der Waals surface area contributed by atoms with Crippen LogP contribution < -0.4 is 9.64 Å². The number of halogens is 1. The van der Waals surface area contributed by atoms with E-state index in [9.17, 15) is 9.18 Å². The molecular formula is C22H29FN2O3. The zero-order valence-corrected chi connectivity index (χ0v) is 16.3. The van der Waals surface area contributed by atoms with Gasteiger partial charge in [0.1, 0.15) is 11.4 Å². The van der Waals surface area contributed by atoms with Gasteiger partial charge in [-0.3, -0.25) is 9.69 Å². The predicted octanol–water partition coefficient (Wildman–Crippen LogP) is 3.36. The van der Waals surface area contributed by atoms with Gasteiger partial charge in [0.05, 0.1) is 6.10 Å². The van der Waals surface area contributed by atoms with Crippen LogP contribution in [0.5, 0.6) is 5.75 Å². The second kappa shape index (κ2) is 7.64. The molecule has 5 nitrogen and oxygen atoms in total. The maximum absolute atomic E-state index is 14.3. The van der Waals surface area contributed by atoms with E-state index in [2.05, 4.69) is 4.90 Å². The van der Waals surface area contributed by atoms with E-state index in [1.54, 1.807) is 17.0 Å². The van der Waals surface area contributed by atoms with E-state index in [0.717, 1.165) is 38.3 Å². The van der Waals surface area contributed by atoms with Crippen molar-refractivity contribution in [3.63, 3.8) is 0 Å². The van der Waals surface area contributed by atoms with Gasteiger partial charge in [-0.05, 0) is 63.0 Å². The average molecular weight is 388 g/mol. The van der Waals surface area contributed by atoms with Crippen LogP contribution in [0.4, 0.5) is 10.1 Å². The molecule has 1 aliphatic carbocycles. The van der Waals surface area contributed by atoms with Gasteiger partial charge in [0, 0.05) is 31.8 Å². The van der Waals surface area contributed by atoms with Crippen LogP contribution in [0.15, 0.2) is 18.2 Å². The molecule has 2 unspecified atom stereocenters. The van der Waals surface area contributed by atoms with E-state index in [0.29, 0.717) is 36.2 Å². The molecule has 28 heavy (non-hydrogen) atoms. The Labute approximate surface area is 165 Å². The minimum Gasteiger partial charge on any atom is -0.481 e. The van der Waals surface area contributed by atoms with Crippen molar-refractivity contribution in [1.82, 2.24) is 4.90 Å². The van der Waals surface area contributed by atoms with E-state index < -0.39 is 0 Å².